The predicted molar refractivity (Wildman–Crippen MR) is 99.3 cm³/mol. The van der Waals surface area contributed by atoms with Gasteiger partial charge in [0.25, 0.3) is 0 Å². The molecule has 0 unspecified atom stereocenters. The normalized spacial score (nSPS) is 19.4. The number of sulfonamides is 1. The molecule has 2 fully saturated rings. The van der Waals surface area contributed by atoms with Gasteiger partial charge in [0.2, 0.25) is 15.2 Å². The quantitative estimate of drug-likeness (QED) is 0.761. The molecule has 1 saturated heterocycles. The molecule has 1 aliphatic heterocycles. The van der Waals surface area contributed by atoms with Crippen LogP contribution >= 0.6 is 34.5 Å². The van der Waals surface area contributed by atoms with Crippen molar-refractivity contribution in [2.75, 3.05) is 31.1 Å². The Balaban J connectivity index is 1.49. The third-order valence-corrected chi connectivity index (χ3v) is 8.38. The molecule has 0 spiro atoms. The molecule has 6 nitrogen and oxygen atoms in total. The van der Waals surface area contributed by atoms with E-state index in [1.165, 1.54) is 29.3 Å². The predicted octanol–water partition coefficient (Wildman–Crippen LogP) is 3.23. The van der Waals surface area contributed by atoms with Gasteiger partial charge < -0.3 is 4.90 Å². The molecule has 2 aromatic rings. The van der Waals surface area contributed by atoms with Crippen molar-refractivity contribution < 1.29 is 8.42 Å². The molecule has 1 aliphatic carbocycles. The number of hydrogen-bond acceptors (Lipinski definition) is 6. The number of hydrogen-bond donors (Lipinski definition) is 0. The molecule has 2 aliphatic rings. The number of piperazine rings is 1. The van der Waals surface area contributed by atoms with Crippen LogP contribution in [0.3, 0.4) is 0 Å². The number of nitrogens with zero attached hydrogens (tertiary/aromatic N) is 4. The summed E-state index contributed by atoms with van der Waals surface area (Å²) < 4.78 is 27.2. The van der Waals surface area contributed by atoms with E-state index in [0.29, 0.717) is 32.1 Å². The summed E-state index contributed by atoms with van der Waals surface area (Å²) in [4.78, 5) is 2.07. The summed E-state index contributed by atoms with van der Waals surface area (Å²) in [6.07, 6.45) is 2.39. The first-order chi connectivity index (χ1) is 12.0. The summed E-state index contributed by atoms with van der Waals surface area (Å²) in [7, 11) is -3.72. The van der Waals surface area contributed by atoms with Gasteiger partial charge in [-0.3, -0.25) is 0 Å². The van der Waals surface area contributed by atoms with Crippen molar-refractivity contribution in [3.8, 4) is 0 Å². The molecule has 2 heterocycles. The van der Waals surface area contributed by atoms with Crippen molar-refractivity contribution in [1.29, 1.82) is 0 Å². The van der Waals surface area contributed by atoms with E-state index in [1.807, 2.05) is 0 Å². The Labute approximate surface area is 160 Å². The van der Waals surface area contributed by atoms with Crippen molar-refractivity contribution in [2.24, 2.45) is 0 Å². The van der Waals surface area contributed by atoms with Crippen molar-refractivity contribution >= 4 is 49.7 Å². The van der Waals surface area contributed by atoms with Crippen molar-refractivity contribution in [2.45, 2.75) is 23.7 Å². The molecule has 1 saturated carbocycles. The average Bonchev–Trinajstić information content (AvgIpc) is 3.32. The summed E-state index contributed by atoms with van der Waals surface area (Å²) in [5, 5.41) is 10.8. The largest absolute Gasteiger partial charge is 0.344 e. The summed E-state index contributed by atoms with van der Waals surface area (Å²) in [6, 6.07) is 4.71. The highest BCUT2D eigenvalue weighted by Crippen LogP contribution is 2.42. The zero-order valence-corrected chi connectivity index (χ0v) is 16.4. The van der Waals surface area contributed by atoms with E-state index in [9.17, 15) is 8.42 Å². The maximum atomic E-state index is 12.9. The minimum absolute atomic E-state index is 0.0151. The molecular weight excluding hydrogens is 403 g/mol. The number of rotatable bonds is 4. The molecule has 4 rings (SSSR count). The van der Waals surface area contributed by atoms with Gasteiger partial charge in [0, 0.05) is 32.1 Å². The summed E-state index contributed by atoms with van der Waals surface area (Å²) >= 11 is 13.8. The van der Waals surface area contributed by atoms with Crippen LogP contribution < -0.4 is 4.90 Å². The lowest BCUT2D eigenvalue weighted by Crippen LogP contribution is -2.48. The molecule has 0 radical (unpaired) electrons. The summed E-state index contributed by atoms with van der Waals surface area (Å²) in [6.45, 7) is 1.87. The Bertz CT molecular complexity index is 870. The maximum absolute atomic E-state index is 12.9. The lowest BCUT2D eigenvalue weighted by molar-refractivity contribution is 0.384. The molecule has 10 heteroatoms. The Morgan fingerprint density at radius 3 is 2.28 bits per heavy atom. The van der Waals surface area contributed by atoms with Gasteiger partial charge in [0.05, 0.1) is 10.0 Å². The van der Waals surface area contributed by atoms with E-state index < -0.39 is 10.0 Å². The highest BCUT2D eigenvalue weighted by atomic mass is 35.5. The standard InChI is InChI=1S/C15H16Cl2N4O2S2/c16-11-2-1-3-12(17)13(11)25(22,23)21-8-6-20(7-9-21)15-19-18-14(24-15)10-4-5-10/h1-3,10H,4-9H2. The Kier molecular flexibility index (Phi) is 4.66. The SMILES string of the molecule is O=S(=O)(c1c(Cl)cccc1Cl)N1CCN(c2nnc(C3CC3)s2)CC1. The lowest BCUT2D eigenvalue weighted by Gasteiger charge is -2.33. The second-order valence-electron chi connectivity index (χ2n) is 6.14. The zero-order valence-electron chi connectivity index (χ0n) is 13.2. The zero-order chi connectivity index (χ0) is 17.6. The van der Waals surface area contributed by atoms with Crippen LogP contribution in [0.25, 0.3) is 0 Å². The van der Waals surface area contributed by atoms with E-state index >= 15 is 0 Å². The fraction of sp³-hybridized carbons (Fsp3) is 0.467. The molecule has 134 valence electrons. The van der Waals surface area contributed by atoms with Crippen LogP contribution in [0.4, 0.5) is 5.13 Å². The van der Waals surface area contributed by atoms with Crippen molar-refractivity contribution in [3.63, 3.8) is 0 Å². The Morgan fingerprint density at radius 1 is 1.04 bits per heavy atom. The van der Waals surface area contributed by atoms with Crippen LogP contribution in [0.15, 0.2) is 23.1 Å². The second kappa shape index (κ2) is 6.66. The minimum atomic E-state index is -3.72. The molecule has 0 N–H and O–H groups in total. The topological polar surface area (TPSA) is 66.4 Å². The highest BCUT2D eigenvalue weighted by Gasteiger charge is 2.33. The first kappa shape index (κ1) is 17.5. The van der Waals surface area contributed by atoms with Gasteiger partial charge in [0.15, 0.2) is 0 Å². The Morgan fingerprint density at radius 2 is 1.68 bits per heavy atom. The fourth-order valence-electron chi connectivity index (χ4n) is 2.83. The van der Waals surface area contributed by atoms with E-state index in [4.69, 9.17) is 23.2 Å². The van der Waals surface area contributed by atoms with Crippen LogP contribution in [0.2, 0.25) is 10.0 Å². The van der Waals surface area contributed by atoms with Gasteiger partial charge >= 0.3 is 0 Å². The average molecular weight is 419 g/mol. The second-order valence-corrected chi connectivity index (χ2v) is 9.82. The van der Waals surface area contributed by atoms with Crippen molar-refractivity contribution in [3.05, 3.63) is 33.3 Å². The van der Waals surface area contributed by atoms with Gasteiger partial charge in [-0.1, -0.05) is 40.6 Å². The third-order valence-electron chi connectivity index (χ3n) is 4.38. The molecule has 1 aromatic carbocycles. The molecule has 0 atom stereocenters. The molecular formula is C15H16Cl2N4O2S2. The van der Waals surface area contributed by atoms with Gasteiger partial charge in [-0.25, -0.2) is 8.42 Å². The van der Waals surface area contributed by atoms with Crippen LogP contribution in [0.1, 0.15) is 23.8 Å². The first-order valence-electron chi connectivity index (χ1n) is 7.99. The van der Waals surface area contributed by atoms with E-state index in [2.05, 4.69) is 15.1 Å². The van der Waals surface area contributed by atoms with Crippen LogP contribution in [0, 0.1) is 0 Å². The van der Waals surface area contributed by atoms with Gasteiger partial charge in [-0.2, -0.15) is 4.31 Å². The lowest BCUT2D eigenvalue weighted by atomic mass is 10.4. The monoisotopic (exact) mass is 418 g/mol. The van der Waals surface area contributed by atoms with Gasteiger partial charge in [-0.05, 0) is 25.0 Å². The summed E-state index contributed by atoms with van der Waals surface area (Å²) in [5.74, 6) is 0.579. The number of anilines is 1. The minimum Gasteiger partial charge on any atom is -0.344 e. The van der Waals surface area contributed by atoms with E-state index in [-0.39, 0.29) is 14.9 Å². The maximum Gasteiger partial charge on any atom is 0.246 e. The molecule has 0 bridgehead atoms. The first-order valence-corrected chi connectivity index (χ1v) is 11.0. The molecule has 25 heavy (non-hydrogen) atoms. The van der Waals surface area contributed by atoms with Crippen LogP contribution in [-0.4, -0.2) is 49.1 Å². The number of aromatic nitrogens is 2. The number of halogens is 2. The smallest absolute Gasteiger partial charge is 0.246 e. The van der Waals surface area contributed by atoms with Gasteiger partial charge in [-0.15, -0.1) is 10.2 Å². The number of benzene rings is 1. The van der Waals surface area contributed by atoms with Crippen LogP contribution in [-0.2, 0) is 10.0 Å². The fourth-order valence-corrected chi connectivity index (χ4v) is 6.41. The van der Waals surface area contributed by atoms with Gasteiger partial charge in [0.1, 0.15) is 9.90 Å². The summed E-state index contributed by atoms with van der Waals surface area (Å²) in [5.41, 5.74) is 0. The molecule has 0 amide bonds. The van der Waals surface area contributed by atoms with E-state index in [1.54, 1.807) is 17.4 Å². The van der Waals surface area contributed by atoms with E-state index in [0.717, 1.165) is 10.1 Å². The van der Waals surface area contributed by atoms with Crippen molar-refractivity contribution in [1.82, 2.24) is 14.5 Å². The van der Waals surface area contributed by atoms with Crippen LogP contribution in [0.5, 0.6) is 0 Å². The molecule has 1 aromatic heterocycles. The highest BCUT2D eigenvalue weighted by molar-refractivity contribution is 7.89. The Hall–Kier alpha value is -0.930. The third kappa shape index (κ3) is 3.38.